The smallest absolute Gasteiger partial charge is 0.323 e. The molecular formula is C14H18N2O4. The SMILES string of the molecule is CCN(CC=O)c1ccccc1N(CC=O)CC(=O)O. The van der Waals surface area contributed by atoms with E-state index in [9.17, 15) is 14.4 Å². The summed E-state index contributed by atoms with van der Waals surface area (Å²) in [7, 11) is 0. The Labute approximate surface area is 117 Å². The second kappa shape index (κ2) is 7.93. The van der Waals surface area contributed by atoms with E-state index in [1.807, 2.05) is 24.0 Å². The van der Waals surface area contributed by atoms with Crippen molar-refractivity contribution in [2.45, 2.75) is 6.92 Å². The maximum atomic E-state index is 10.9. The highest BCUT2D eigenvalue weighted by atomic mass is 16.4. The van der Waals surface area contributed by atoms with Crippen LogP contribution in [0.4, 0.5) is 11.4 Å². The summed E-state index contributed by atoms with van der Waals surface area (Å²) in [5.41, 5.74) is 1.37. The number of carbonyl (C=O) groups is 3. The van der Waals surface area contributed by atoms with Crippen LogP contribution in [0.15, 0.2) is 24.3 Å². The number of carbonyl (C=O) groups excluding carboxylic acids is 2. The highest BCUT2D eigenvalue weighted by Gasteiger charge is 2.16. The summed E-state index contributed by atoms with van der Waals surface area (Å²) < 4.78 is 0. The van der Waals surface area contributed by atoms with Crippen molar-refractivity contribution in [2.24, 2.45) is 0 Å². The van der Waals surface area contributed by atoms with E-state index in [1.54, 1.807) is 12.1 Å². The average molecular weight is 278 g/mol. The molecule has 0 aromatic heterocycles. The molecule has 6 heteroatoms. The summed E-state index contributed by atoms with van der Waals surface area (Å²) in [5, 5.41) is 8.93. The van der Waals surface area contributed by atoms with Crippen LogP contribution in [0.5, 0.6) is 0 Å². The number of carboxylic acid groups (broad SMARTS) is 1. The number of para-hydroxylation sites is 2. The Morgan fingerprint density at radius 2 is 1.60 bits per heavy atom. The van der Waals surface area contributed by atoms with Gasteiger partial charge in [-0.05, 0) is 19.1 Å². The Morgan fingerprint density at radius 3 is 2.05 bits per heavy atom. The predicted molar refractivity (Wildman–Crippen MR) is 76.3 cm³/mol. The molecular weight excluding hydrogens is 260 g/mol. The molecule has 0 saturated heterocycles. The van der Waals surface area contributed by atoms with E-state index in [2.05, 4.69) is 0 Å². The van der Waals surface area contributed by atoms with E-state index in [0.717, 1.165) is 12.0 Å². The molecule has 6 nitrogen and oxygen atoms in total. The molecule has 0 fully saturated rings. The summed E-state index contributed by atoms with van der Waals surface area (Å²) in [4.78, 5) is 35.7. The normalized spacial score (nSPS) is 9.85. The number of aldehydes is 2. The van der Waals surface area contributed by atoms with E-state index in [-0.39, 0.29) is 19.6 Å². The fraction of sp³-hybridized carbons (Fsp3) is 0.357. The molecule has 0 spiro atoms. The van der Waals surface area contributed by atoms with Crippen molar-refractivity contribution in [3.05, 3.63) is 24.3 Å². The molecule has 1 aromatic carbocycles. The minimum atomic E-state index is -1.01. The van der Waals surface area contributed by atoms with Gasteiger partial charge in [0, 0.05) is 6.54 Å². The van der Waals surface area contributed by atoms with Crippen LogP contribution in [0.25, 0.3) is 0 Å². The van der Waals surface area contributed by atoms with Crippen molar-refractivity contribution in [1.29, 1.82) is 0 Å². The van der Waals surface area contributed by atoms with E-state index >= 15 is 0 Å². The van der Waals surface area contributed by atoms with Crippen molar-refractivity contribution >= 4 is 29.9 Å². The predicted octanol–water partition coefficient (Wildman–Crippen LogP) is 0.802. The van der Waals surface area contributed by atoms with Crippen molar-refractivity contribution in [1.82, 2.24) is 0 Å². The minimum Gasteiger partial charge on any atom is -0.480 e. The lowest BCUT2D eigenvalue weighted by Gasteiger charge is -2.29. The first-order valence-electron chi connectivity index (χ1n) is 6.32. The van der Waals surface area contributed by atoms with Gasteiger partial charge in [0.05, 0.1) is 24.5 Å². The van der Waals surface area contributed by atoms with Crippen molar-refractivity contribution in [2.75, 3.05) is 36.0 Å². The van der Waals surface area contributed by atoms with Crippen LogP contribution >= 0.6 is 0 Å². The van der Waals surface area contributed by atoms with Crippen molar-refractivity contribution in [3.8, 4) is 0 Å². The maximum Gasteiger partial charge on any atom is 0.323 e. The number of anilines is 2. The molecule has 1 N–H and O–H groups in total. The van der Waals surface area contributed by atoms with Gasteiger partial charge in [0.25, 0.3) is 0 Å². The lowest BCUT2D eigenvalue weighted by atomic mass is 10.2. The molecule has 0 unspecified atom stereocenters. The van der Waals surface area contributed by atoms with Crippen LogP contribution in [-0.4, -0.2) is 49.8 Å². The van der Waals surface area contributed by atoms with Crippen molar-refractivity contribution in [3.63, 3.8) is 0 Å². The molecule has 1 rings (SSSR count). The summed E-state index contributed by atoms with van der Waals surface area (Å²) in [6, 6.07) is 7.14. The monoisotopic (exact) mass is 278 g/mol. The molecule has 0 saturated carbocycles. The molecule has 108 valence electrons. The third-order valence-electron chi connectivity index (χ3n) is 2.86. The Kier molecular flexibility index (Phi) is 6.22. The first-order chi connectivity index (χ1) is 9.63. The number of nitrogens with zero attached hydrogens (tertiary/aromatic N) is 2. The van der Waals surface area contributed by atoms with E-state index in [0.29, 0.717) is 18.5 Å². The van der Waals surface area contributed by atoms with Gasteiger partial charge in [-0.1, -0.05) is 12.1 Å². The molecule has 0 bridgehead atoms. The van der Waals surface area contributed by atoms with Crippen molar-refractivity contribution < 1.29 is 19.5 Å². The Balaban J connectivity index is 3.16. The van der Waals surface area contributed by atoms with Gasteiger partial charge in [-0.3, -0.25) is 4.79 Å². The molecule has 0 aliphatic carbocycles. The number of hydrogen-bond acceptors (Lipinski definition) is 5. The van der Waals surface area contributed by atoms with Gasteiger partial charge in [0.2, 0.25) is 0 Å². The van der Waals surface area contributed by atoms with Gasteiger partial charge in [-0.2, -0.15) is 0 Å². The molecule has 0 heterocycles. The molecule has 0 amide bonds. The van der Waals surface area contributed by atoms with Gasteiger partial charge < -0.3 is 24.5 Å². The van der Waals surface area contributed by atoms with E-state index < -0.39 is 5.97 Å². The van der Waals surface area contributed by atoms with E-state index in [1.165, 1.54) is 4.90 Å². The van der Waals surface area contributed by atoms with E-state index in [4.69, 9.17) is 5.11 Å². The Bertz CT molecular complexity index is 476. The zero-order chi connectivity index (χ0) is 15.0. The topological polar surface area (TPSA) is 77.9 Å². The maximum absolute atomic E-state index is 10.9. The Morgan fingerprint density at radius 1 is 1.10 bits per heavy atom. The standard InChI is InChI=1S/C14H18N2O4/c1-2-15(7-9-17)12-5-3-4-6-13(12)16(8-10-18)11-14(19)20/h3-6,9-10H,2,7-8,11H2,1H3,(H,19,20). The first-order valence-corrected chi connectivity index (χ1v) is 6.32. The zero-order valence-corrected chi connectivity index (χ0v) is 11.4. The highest BCUT2D eigenvalue weighted by Crippen LogP contribution is 2.28. The lowest BCUT2D eigenvalue weighted by Crippen LogP contribution is -2.34. The quantitative estimate of drug-likeness (QED) is 0.673. The Hall–Kier alpha value is -2.37. The molecule has 0 aliphatic rings. The highest BCUT2D eigenvalue weighted by molar-refractivity contribution is 5.81. The summed E-state index contributed by atoms with van der Waals surface area (Å²) >= 11 is 0. The van der Waals surface area contributed by atoms with Crippen LogP contribution in [0.3, 0.4) is 0 Å². The third kappa shape index (κ3) is 4.08. The second-order valence-electron chi connectivity index (χ2n) is 4.13. The zero-order valence-electron chi connectivity index (χ0n) is 11.4. The van der Waals surface area contributed by atoms with Gasteiger partial charge >= 0.3 is 5.97 Å². The van der Waals surface area contributed by atoms with Gasteiger partial charge in [0.15, 0.2) is 0 Å². The average Bonchev–Trinajstić information content (AvgIpc) is 2.44. The van der Waals surface area contributed by atoms with Crippen LogP contribution < -0.4 is 9.80 Å². The fourth-order valence-electron chi connectivity index (χ4n) is 1.99. The second-order valence-corrected chi connectivity index (χ2v) is 4.13. The molecule has 1 aromatic rings. The van der Waals surface area contributed by atoms with Crippen LogP contribution in [0, 0.1) is 0 Å². The summed E-state index contributed by atoms with van der Waals surface area (Å²) in [6.45, 7) is 2.45. The van der Waals surface area contributed by atoms with Gasteiger partial charge in [0.1, 0.15) is 19.1 Å². The van der Waals surface area contributed by atoms with Gasteiger partial charge in [-0.15, -0.1) is 0 Å². The first kappa shape index (κ1) is 15.7. The van der Waals surface area contributed by atoms with Crippen LogP contribution in [0.1, 0.15) is 6.92 Å². The number of aliphatic carboxylic acids is 1. The number of benzene rings is 1. The number of carboxylic acids is 1. The minimum absolute atomic E-state index is 0.0119. The van der Waals surface area contributed by atoms with Crippen LogP contribution in [-0.2, 0) is 14.4 Å². The molecule has 20 heavy (non-hydrogen) atoms. The summed E-state index contributed by atoms with van der Waals surface area (Å²) in [6.07, 6.45) is 1.46. The number of rotatable bonds is 9. The molecule has 0 radical (unpaired) electrons. The molecule has 0 aliphatic heterocycles. The lowest BCUT2D eigenvalue weighted by molar-refractivity contribution is -0.135. The molecule has 0 atom stereocenters. The third-order valence-corrected chi connectivity index (χ3v) is 2.86. The number of likely N-dealkylation sites (N-methyl/N-ethyl adjacent to an activating group) is 1. The van der Waals surface area contributed by atoms with Crippen LogP contribution in [0.2, 0.25) is 0 Å². The summed E-state index contributed by atoms with van der Waals surface area (Å²) in [5.74, 6) is -1.01. The number of hydrogen-bond donors (Lipinski definition) is 1. The van der Waals surface area contributed by atoms with Gasteiger partial charge in [-0.25, -0.2) is 0 Å². The fourth-order valence-corrected chi connectivity index (χ4v) is 1.99. The largest absolute Gasteiger partial charge is 0.480 e.